The van der Waals surface area contributed by atoms with Crippen molar-refractivity contribution < 1.29 is 0 Å². The summed E-state index contributed by atoms with van der Waals surface area (Å²) >= 11 is 0. The van der Waals surface area contributed by atoms with E-state index in [1.807, 2.05) is 0 Å². The van der Waals surface area contributed by atoms with Gasteiger partial charge in [0.15, 0.2) is 0 Å². The third-order valence-corrected chi connectivity index (χ3v) is 8.61. The maximum absolute atomic E-state index is 2.48. The van der Waals surface area contributed by atoms with Gasteiger partial charge in [0.25, 0.3) is 0 Å². The highest BCUT2D eigenvalue weighted by atomic mass is 14.3. The fraction of sp³-hybridized carbons (Fsp3) is 0.562. The highest BCUT2D eigenvalue weighted by Crippen LogP contribution is 2.41. The zero-order chi connectivity index (χ0) is 22.2. The first-order chi connectivity index (χ1) is 15.7. The first kappa shape index (κ1) is 23.3. The Balaban J connectivity index is 1.22. The van der Waals surface area contributed by atoms with E-state index < -0.39 is 0 Å². The topological polar surface area (TPSA) is 0 Å². The Hall–Kier alpha value is -1.82. The second-order valence-corrected chi connectivity index (χ2v) is 10.8. The van der Waals surface area contributed by atoms with E-state index in [1.54, 1.807) is 11.1 Å². The minimum Gasteiger partial charge on any atom is -0.0917 e. The molecule has 0 nitrogen and oxygen atoms in total. The molecule has 4 rings (SSSR count). The standard InChI is InChI=1S/C32H44/c1-3-4-6-9-26-12-16-29(17-13-26)31-20-22-32(23-21-31)30-18-14-27(15-19-30)24-25(2)28-10-7-5-8-11-28/h3-5,7-8,10-11,20-23,25-27,29-30H,6,9,12-19,24H2,1-2H3/b4-3+/t25-,26?,27?,29?,30?/m1/s1. The minimum absolute atomic E-state index is 0.690. The van der Waals surface area contributed by atoms with Crippen molar-refractivity contribution >= 4 is 0 Å². The summed E-state index contributed by atoms with van der Waals surface area (Å²) in [6.45, 7) is 4.55. The molecule has 2 aromatic carbocycles. The highest BCUT2D eigenvalue weighted by Gasteiger charge is 2.25. The Morgan fingerprint density at radius 3 is 1.78 bits per heavy atom. The summed E-state index contributed by atoms with van der Waals surface area (Å²) in [5.41, 5.74) is 4.71. The summed E-state index contributed by atoms with van der Waals surface area (Å²) in [6.07, 6.45) is 19.8. The molecule has 0 N–H and O–H groups in total. The van der Waals surface area contributed by atoms with Gasteiger partial charge in [0.1, 0.15) is 0 Å². The van der Waals surface area contributed by atoms with Crippen LogP contribution in [0.5, 0.6) is 0 Å². The molecule has 1 atom stereocenters. The Labute approximate surface area is 197 Å². The van der Waals surface area contributed by atoms with Gasteiger partial charge in [-0.2, -0.15) is 0 Å². The molecule has 2 aromatic rings. The van der Waals surface area contributed by atoms with E-state index in [1.165, 1.54) is 76.2 Å². The Bertz CT molecular complexity index is 799. The molecule has 2 saturated carbocycles. The van der Waals surface area contributed by atoms with Crippen molar-refractivity contribution in [2.45, 2.75) is 102 Å². The van der Waals surface area contributed by atoms with E-state index in [4.69, 9.17) is 0 Å². The van der Waals surface area contributed by atoms with Crippen LogP contribution in [0.25, 0.3) is 0 Å². The summed E-state index contributed by atoms with van der Waals surface area (Å²) in [4.78, 5) is 0. The van der Waals surface area contributed by atoms with Crippen molar-refractivity contribution in [3.8, 4) is 0 Å². The summed E-state index contributed by atoms with van der Waals surface area (Å²) in [6, 6.07) is 21.0. The van der Waals surface area contributed by atoms with Crippen LogP contribution in [0.4, 0.5) is 0 Å². The van der Waals surface area contributed by atoms with Crippen molar-refractivity contribution in [2.75, 3.05) is 0 Å². The molecule has 0 amide bonds. The molecule has 0 heterocycles. The average Bonchev–Trinajstić information content (AvgIpc) is 2.86. The maximum Gasteiger partial charge on any atom is -0.0162 e. The van der Waals surface area contributed by atoms with E-state index in [9.17, 15) is 0 Å². The first-order valence-electron chi connectivity index (χ1n) is 13.5. The van der Waals surface area contributed by atoms with Crippen LogP contribution in [-0.2, 0) is 0 Å². The fourth-order valence-electron chi connectivity index (χ4n) is 6.47. The van der Waals surface area contributed by atoms with Crippen LogP contribution in [0.2, 0.25) is 0 Å². The number of hydrogen-bond acceptors (Lipinski definition) is 0. The molecule has 172 valence electrons. The largest absolute Gasteiger partial charge is 0.0917 e. The lowest BCUT2D eigenvalue weighted by molar-refractivity contribution is 0.297. The van der Waals surface area contributed by atoms with Crippen LogP contribution in [0.1, 0.15) is 119 Å². The SMILES string of the molecule is C/C=C/CCC1CCC(c2ccc(C3CCC(C[C@@H](C)c4ccccc4)CC3)cc2)CC1. The molecule has 0 saturated heterocycles. The van der Waals surface area contributed by atoms with Crippen LogP contribution in [0.3, 0.4) is 0 Å². The Kier molecular flexibility index (Phi) is 8.66. The molecule has 0 heteroatoms. The van der Waals surface area contributed by atoms with Crippen LogP contribution in [0.15, 0.2) is 66.7 Å². The van der Waals surface area contributed by atoms with E-state index >= 15 is 0 Å². The van der Waals surface area contributed by atoms with Crippen molar-refractivity contribution in [1.29, 1.82) is 0 Å². The van der Waals surface area contributed by atoms with Crippen molar-refractivity contribution in [1.82, 2.24) is 0 Å². The first-order valence-corrected chi connectivity index (χ1v) is 13.5. The average molecular weight is 429 g/mol. The minimum atomic E-state index is 0.690. The number of hydrogen-bond donors (Lipinski definition) is 0. The van der Waals surface area contributed by atoms with Crippen molar-refractivity contribution in [3.05, 3.63) is 83.4 Å². The van der Waals surface area contributed by atoms with E-state index in [0.717, 1.165) is 23.7 Å². The molecule has 2 fully saturated rings. The van der Waals surface area contributed by atoms with Crippen LogP contribution in [-0.4, -0.2) is 0 Å². The second-order valence-electron chi connectivity index (χ2n) is 10.8. The summed E-state index contributed by atoms with van der Waals surface area (Å²) < 4.78 is 0. The molecule has 0 radical (unpaired) electrons. The molecule has 0 spiro atoms. The highest BCUT2D eigenvalue weighted by molar-refractivity contribution is 5.28. The summed E-state index contributed by atoms with van der Waals surface area (Å²) in [7, 11) is 0. The molecule has 32 heavy (non-hydrogen) atoms. The van der Waals surface area contributed by atoms with Gasteiger partial charge in [-0.15, -0.1) is 0 Å². The van der Waals surface area contributed by atoms with Gasteiger partial charge in [-0.05, 0) is 124 Å². The molecule has 0 aromatic heterocycles. The monoisotopic (exact) mass is 428 g/mol. The number of rotatable bonds is 8. The second kappa shape index (κ2) is 11.9. The lowest BCUT2D eigenvalue weighted by Crippen LogP contribution is -2.16. The number of allylic oxidation sites excluding steroid dienone is 2. The molecule has 2 aliphatic carbocycles. The van der Waals surface area contributed by atoms with Crippen LogP contribution in [0, 0.1) is 11.8 Å². The van der Waals surface area contributed by atoms with Gasteiger partial charge in [0.2, 0.25) is 0 Å². The van der Waals surface area contributed by atoms with Gasteiger partial charge in [-0.1, -0.05) is 73.7 Å². The van der Waals surface area contributed by atoms with Gasteiger partial charge >= 0.3 is 0 Å². The quantitative estimate of drug-likeness (QED) is 0.367. The molecular formula is C32H44. The van der Waals surface area contributed by atoms with Crippen molar-refractivity contribution in [3.63, 3.8) is 0 Å². The van der Waals surface area contributed by atoms with Gasteiger partial charge in [-0.3, -0.25) is 0 Å². The Morgan fingerprint density at radius 2 is 1.25 bits per heavy atom. The zero-order valence-corrected chi connectivity index (χ0v) is 20.5. The van der Waals surface area contributed by atoms with Crippen LogP contribution >= 0.6 is 0 Å². The molecule has 0 aliphatic heterocycles. The van der Waals surface area contributed by atoms with Gasteiger partial charge < -0.3 is 0 Å². The predicted octanol–water partition coefficient (Wildman–Crippen LogP) is 9.78. The molecular weight excluding hydrogens is 384 g/mol. The normalized spacial score (nSPS) is 27.4. The predicted molar refractivity (Wildman–Crippen MR) is 139 cm³/mol. The van der Waals surface area contributed by atoms with Crippen LogP contribution < -0.4 is 0 Å². The lowest BCUT2D eigenvalue weighted by atomic mass is 9.74. The lowest BCUT2D eigenvalue weighted by Gasteiger charge is -2.31. The maximum atomic E-state index is 2.48. The van der Waals surface area contributed by atoms with E-state index in [-0.39, 0.29) is 0 Å². The van der Waals surface area contributed by atoms with Crippen molar-refractivity contribution in [2.24, 2.45) is 11.8 Å². The molecule has 0 bridgehead atoms. The third kappa shape index (κ3) is 6.37. The molecule has 0 unspecified atom stereocenters. The van der Waals surface area contributed by atoms with Gasteiger partial charge in [0.05, 0.1) is 0 Å². The smallest absolute Gasteiger partial charge is 0.0162 e. The zero-order valence-electron chi connectivity index (χ0n) is 20.5. The Morgan fingerprint density at radius 1 is 0.719 bits per heavy atom. The molecule has 2 aliphatic rings. The summed E-state index contributed by atoms with van der Waals surface area (Å²) in [5.74, 6) is 4.15. The van der Waals surface area contributed by atoms with E-state index in [2.05, 4.69) is 80.6 Å². The van der Waals surface area contributed by atoms with E-state index in [0.29, 0.717) is 5.92 Å². The number of benzene rings is 2. The fourth-order valence-corrected chi connectivity index (χ4v) is 6.47. The summed E-state index contributed by atoms with van der Waals surface area (Å²) in [5, 5.41) is 0. The van der Waals surface area contributed by atoms with Gasteiger partial charge in [0, 0.05) is 0 Å². The van der Waals surface area contributed by atoms with Gasteiger partial charge in [-0.25, -0.2) is 0 Å². The third-order valence-electron chi connectivity index (χ3n) is 8.61.